The van der Waals surface area contributed by atoms with Crippen LogP contribution in [0.1, 0.15) is 24.2 Å². The van der Waals surface area contributed by atoms with Crippen molar-refractivity contribution in [1.29, 1.82) is 0 Å². The van der Waals surface area contributed by atoms with Crippen molar-refractivity contribution < 1.29 is 9.47 Å². The van der Waals surface area contributed by atoms with Crippen molar-refractivity contribution in [2.45, 2.75) is 20.0 Å². The van der Waals surface area contributed by atoms with Crippen LogP contribution in [0.25, 0.3) is 0 Å². The minimum atomic E-state index is 0.0984. The van der Waals surface area contributed by atoms with Crippen molar-refractivity contribution in [3.63, 3.8) is 0 Å². The molecule has 0 radical (unpaired) electrons. The lowest BCUT2D eigenvalue weighted by molar-refractivity contribution is -0.00835. The molecule has 1 saturated heterocycles. The van der Waals surface area contributed by atoms with Crippen LogP contribution < -0.4 is 5.32 Å². The number of methoxy groups -OCH3 is 1. The highest BCUT2D eigenvalue weighted by atomic mass is 16.5. The first-order valence-corrected chi connectivity index (χ1v) is 7.95. The predicted octanol–water partition coefficient (Wildman–Crippen LogP) is 1.98. The fraction of sp³-hybridized carbons (Fsp3) is 0.588. The Morgan fingerprint density at radius 2 is 2.27 bits per heavy atom. The Morgan fingerprint density at radius 1 is 1.45 bits per heavy atom. The molecule has 0 bridgehead atoms. The number of ether oxygens (including phenoxy) is 2. The van der Waals surface area contributed by atoms with Gasteiger partial charge in [-0.25, -0.2) is 0 Å². The van der Waals surface area contributed by atoms with E-state index in [4.69, 9.17) is 9.47 Å². The van der Waals surface area contributed by atoms with E-state index in [9.17, 15) is 0 Å². The van der Waals surface area contributed by atoms with Gasteiger partial charge in [0.25, 0.3) is 0 Å². The summed E-state index contributed by atoms with van der Waals surface area (Å²) in [7, 11) is 1.70. The largest absolute Gasteiger partial charge is 0.383 e. The highest BCUT2D eigenvalue weighted by Gasteiger charge is 2.24. The average Bonchev–Trinajstić information content (AvgIpc) is 2.55. The topological polar surface area (TPSA) is 46.1 Å². The third-order valence-corrected chi connectivity index (χ3v) is 3.79. The lowest BCUT2D eigenvalue weighted by Gasteiger charge is -2.35. The van der Waals surface area contributed by atoms with Gasteiger partial charge in [0, 0.05) is 20.2 Å². The summed E-state index contributed by atoms with van der Waals surface area (Å²) in [4.78, 5) is 6.91. The fourth-order valence-electron chi connectivity index (χ4n) is 2.65. The number of hydrogen-bond acceptors (Lipinski definition) is 3. The van der Waals surface area contributed by atoms with Gasteiger partial charge in [-0.05, 0) is 25.0 Å². The summed E-state index contributed by atoms with van der Waals surface area (Å²) in [6.45, 7) is 8.79. The quantitative estimate of drug-likeness (QED) is 0.513. The molecule has 0 spiro atoms. The van der Waals surface area contributed by atoms with Crippen molar-refractivity contribution in [2.75, 3.05) is 46.5 Å². The fourth-order valence-corrected chi connectivity index (χ4v) is 2.65. The molecule has 1 aromatic rings. The molecule has 1 aromatic carbocycles. The number of hydrogen-bond donors (Lipinski definition) is 1. The van der Waals surface area contributed by atoms with Crippen LogP contribution in [0, 0.1) is 6.92 Å². The van der Waals surface area contributed by atoms with E-state index in [1.54, 1.807) is 7.11 Å². The molecule has 1 aliphatic rings. The van der Waals surface area contributed by atoms with Gasteiger partial charge in [-0.3, -0.25) is 4.99 Å². The maximum atomic E-state index is 5.98. The Kier molecular flexibility index (Phi) is 6.68. The van der Waals surface area contributed by atoms with E-state index in [1.807, 2.05) is 0 Å². The molecule has 0 saturated carbocycles. The van der Waals surface area contributed by atoms with Crippen LogP contribution in [0.2, 0.25) is 0 Å². The summed E-state index contributed by atoms with van der Waals surface area (Å²) in [6, 6.07) is 8.42. The van der Waals surface area contributed by atoms with E-state index in [2.05, 4.69) is 53.3 Å². The summed E-state index contributed by atoms with van der Waals surface area (Å²) >= 11 is 0. The van der Waals surface area contributed by atoms with Crippen LogP contribution in [0.4, 0.5) is 0 Å². The Bertz CT molecular complexity index is 491. The number of nitrogens with zero attached hydrogens (tertiary/aromatic N) is 2. The molecular weight excluding hydrogens is 278 g/mol. The Labute approximate surface area is 133 Å². The van der Waals surface area contributed by atoms with Gasteiger partial charge in [0.1, 0.15) is 6.10 Å². The number of nitrogens with one attached hydrogen (secondary N) is 1. The van der Waals surface area contributed by atoms with Gasteiger partial charge < -0.3 is 19.7 Å². The molecule has 0 aromatic heterocycles. The van der Waals surface area contributed by atoms with Gasteiger partial charge in [0.15, 0.2) is 5.96 Å². The van der Waals surface area contributed by atoms with Gasteiger partial charge >= 0.3 is 0 Å². The molecule has 2 rings (SSSR count). The smallest absolute Gasteiger partial charge is 0.194 e. The van der Waals surface area contributed by atoms with Crippen LogP contribution in [-0.2, 0) is 9.47 Å². The van der Waals surface area contributed by atoms with Crippen LogP contribution in [0.3, 0.4) is 0 Å². The number of benzene rings is 1. The molecule has 1 unspecified atom stereocenters. The van der Waals surface area contributed by atoms with E-state index in [0.29, 0.717) is 19.8 Å². The van der Waals surface area contributed by atoms with Gasteiger partial charge in [-0.1, -0.05) is 24.3 Å². The van der Waals surface area contributed by atoms with E-state index in [-0.39, 0.29) is 6.10 Å². The Balaban J connectivity index is 2.07. The minimum absolute atomic E-state index is 0.0984. The van der Waals surface area contributed by atoms with Crippen LogP contribution in [0.15, 0.2) is 29.3 Å². The number of aryl methyl sites for hydroxylation is 1. The van der Waals surface area contributed by atoms with Gasteiger partial charge in [-0.2, -0.15) is 0 Å². The summed E-state index contributed by atoms with van der Waals surface area (Å²) in [5.74, 6) is 0.946. The second kappa shape index (κ2) is 8.76. The highest BCUT2D eigenvalue weighted by molar-refractivity contribution is 5.80. The molecule has 5 heteroatoms. The number of guanidine groups is 1. The molecule has 0 aliphatic carbocycles. The zero-order valence-corrected chi connectivity index (χ0v) is 13.8. The standard InChI is InChI=1S/C17H27N3O2/c1-4-18-17(19-9-11-21-3)20-10-12-22-16(13-20)15-8-6-5-7-14(15)2/h5-8,16H,4,9-13H2,1-3H3,(H,18,19). The van der Waals surface area contributed by atoms with Crippen molar-refractivity contribution in [1.82, 2.24) is 10.2 Å². The maximum Gasteiger partial charge on any atom is 0.194 e. The zero-order chi connectivity index (χ0) is 15.8. The van der Waals surface area contributed by atoms with E-state index < -0.39 is 0 Å². The second-order valence-electron chi connectivity index (χ2n) is 5.39. The first kappa shape index (κ1) is 16.8. The molecular formula is C17H27N3O2. The predicted molar refractivity (Wildman–Crippen MR) is 89.3 cm³/mol. The second-order valence-corrected chi connectivity index (χ2v) is 5.39. The Morgan fingerprint density at radius 3 is 3.00 bits per heavy atom. The maximum absolute atomic E-state index is 5.98. The number of rotatable bonds is 5. The number of aliphatic imine (C=N–C) groups is 1. The van der Waals surface area contributed by atoms with Crippen LogP contribution in [0.5, 0.6) is 0 Å². The first-order valence-electron chi connectivity index (χ1n) is 7.95. The Hall–Kier alpha value is -1.59. The summed E-state index contributed by atoms with van der Waals surface area (Å²) in [6.07, 6.45) is 0.0984. The minimum Gasteiger partial charge on any atom is -0.383 e. The molecule has 22 heavy (non-hydrogen) atoms. The highest BCUT2D eigenvalue weighted by Crippen LogP contribution is 2.24. The molecule has 122 valence electrons. The van der Waals surface area contributed by atoms with Gasteiger partial charge in [0.05, 0.1) is 26.3 Å². The monoisotopic (exact) mass is 305 g/mol. The molecule has 1 aliphatic heterocycles. The third-order valence-electron chi connectivity index (χ3n) is 3.79. The first-order chi connectivity index (χ1) is 10.8. The summed E-state index contributed by atoms with van der Waals surface area (Å²) < 4.78 is 11.1. The van der Waals surface area contributed by atoms with Crippen molar-refractivity contribution in [3.05, 3.63) is 35.4 Å². The summed E-state index contributed by atoms with van der Waals surface area (Å²) in [5.41, 5.74) is 2.54. The summed E-state index contributed by atoms with van der Waals surface area (Å²) in [5, 5.41) is 3.36. The lowest BCUT2D eigenvalue weighted by Crippen LogP contribution is -2.48. The van der Waals surface area contributed by atoms with E-state index >= 15 is 0 Å². The SMILES string of the molecule is CCNC(=NCCOC)N1CCOC(c2ccccc2C)C1. The number of morpholine rings is 1. The zero-order valence-electron chi connectivity index (χ0n) is 13.8. The van der Waals surface area contributed by atoms with Crippen LogP contribution >= 0.6 is 0 Å². The van der Waals surface area contributed by atoms with Crippen LogP contribution in [-0.4, -0.2) is 57.4 Å². The molecule has 1 heterocycles. The lowest BCUT2D eigenvalue weighted by atomic mass is 10.0. The van der Waals surface area contributed by atoms with Gasteiger partial charge in [0.2, 0.25) is 0 Å². The van der Waals surface area contributed by atoms with Crippen molar-refractivity contribution >= 4 is 5.96 Å². The van der Waals surface area contributed by atoms with Gasteiger partial charge in [-0.15, -0.1) is 0 Å². The van der Waals surface area contributed by atoms with Crippen molar-refractivity contribution in [3.8, 4) is 0 Å². The normalized spacial score (nSPS) is 19.3. The average molecular weight is 305 g/mol. The van der Waals surface area contributed by atoms with E-state index in [1.165, 1.54) is 11.1 Å². The van der Waals surface area contributed by atoms with Crippen molar-refractivity contribution in [2.24, 2.45) is 4.99 Å². The third kappa shape index (κ3) is 4.45. The molecule has 1 atom stereocenters. The molecule has 0 amide bonds. The molecule has 1 fully saturated rings. The molecule has 5 nitrogen and oxygen atoms in total. The van der Waals surface area contributed by atoms with E-state index in [0.717, 1.165) is 25.6 Å². The molecule has 1 N–H and O–H groups in total.